The summed E-state index contributed by atoms with van der Waals surface area (Å²) >= 11 is 0. The Morgan fingerprint density at radius 1 is 1.04 bits per heavy atom. The van der Waals surface area contributed by atoms with Crippen LogP contribution in [0.3, 0.4) is 0 Å². The molecule has 0 aliphatic rings. The van der Waals surface area contributed by atoms with Crippen molar-refractivity contribution in [2.75, 3.05) is 19.8 Å². The first-order chi connectivity index (χ1) is 12.2. The zero-order valence-corrected chi connectivity index (χ0v) is 16.1. The smallest absolute Gasteiger partial charge is 0.310 e. The Hall–Kier alpha value is -2.64. The minimum Gasteiger partial charge on any atom is -0.368 e. The zero-order valence-electron chi connectivity index (χ0n) is 15.3. The first kappa shape index (κ1) is 18.2. The van der Waals surface area contributed by atoms with Gasteiger partial charge in [0.15, 0.2) is 0 Å². The van der Waals surface area contributed by atoms with Crippen LogP contribution >= 0.6 is 0 Å². The molecule has 0 atom stereocenters. The van der Waals surface area contributed by atoms with Crippen molar-refractivity contribution in [2.24, 2.45) is 0 Å². The number of anilines is 1. The Labute approximate surface area is 153 Å². The van der Waals surface area contributed by atoms with E-state index >= 15 is 0 Å². The van der Waals surface area contributed by atoms with Gasteiger partial charge in [-0.05, 0) is 42.7 Å². The van der Waals surface area contributed by atoms with Crippen molar-refractivity contribution in [1.82, 2.24) is 13.3 Å². The summed E-state index contributed by atoms with van der Waals surface area (Å²) in [4.78, 5) is 4.20. The molecular formula is C19H22N4O2S. The van der Waals surface area contributed by atoms with Gasteiger partial charge in [0.05, 0.1) is 11.0 Å². The first-order valence-electron chi connectivity index (χ1n) is 8.17. The highest BCUT2D eigenvalue weighted by atomic mass is 32.2. The summed E-state index contributed by atoms with van der Waals surface area (Å²) in [5, 5.41) is 0. The molecule has 3 aromatic rings. The Morgan fingerprint density at radius 2 is 1.69 bits per heavy atom. The summed E-state index contributed by atoms with van der Waals surface area (Å²) in [6, 6.07) is 15.6. The van der Waals surface area contributed by atoms with Crippen LogP contribution < -0.4 is 5.73 Å². The van der Waals surface area contributed by atoms with Crippen LogP contribution in [0.15, 0.2) is 54.1 Å². The summed E-state index contributed by atoms with van der Waals surface area (Å²) in [7, 11) is -0.835. The molecule has 0 saturated carbocycles. The van der Waals surface area contributed by atoms with Crippen molar-refractivity contribution in [3.63, 3.8) is 0 Å². The van der Waals surface area contributed by atoms with E-state index in [1.54, 1.807) is 6.07 Å². The number of fused-ring (bicyclic) bond motifs is 1. The minimum absolute atomic E-state index is 0.0516. The fraction of sp³-hybridized carbons (Fsp3) is 0.211. The molecule has 0 radical (unpaired) electrons. The van der Waals surface area contributed by atoms with Gasteiger partial charge in [0.25, 0.3) is 0 Å². The van der Waals surface area contributed by atoms with Crippen LogP contribution in [0, 0.1) is 0 Å². The van der Waals surface area contributed by atoms with Gasteiger partial charge in [0.2, 0.25) is 5.95 Å². The molecule has 1 heterocycles. The third kappa shape index (κ3) is 3.00. The Kier molecular flexibility index (Phi) is 4.60. The van der Waals surface area contributed by atoms with Crippen molar-refractivity contribution in [3.8, 4) is 0 Å². The number of imidazole rings is 1. The van der Waals surface area contributed by atoms with Gasteiger partial charge in [-0.25, -0.2) is 4.98 Å². The quantitative estimate of drug-likeness (QED) is 0.765. The number of hydrogen-bond acceptors (Lipinski definition) is 4. The highest BCUT2D eigenvalue weighted by Gasteiger charge is 2.23. The van der Waals surface area contributed by atoms with Gasteiger partial charge in [0.1, 0.15) is 0 Å². The SMILES string of the molecule is CC(C)=C(c1ccccc1)c1ccc2nc(N)n(S(=O)(=O)N(C)C)c2c1. The molecule has 2 aromatic carbocycles. The summed E-state index contributed by atoms with van der Waals surface area (Å²) in [6.45, 7) is 4.07. The molecule has 2 N–H and O–H groups in total. The van der Waals surface area contributed by atoms with Crippen molar-refractivity contribution < 1.29 is 8.42 Å². The van der Waals surface area contributed by atoms with Gasteiger partial charge in [-0.1, -0.05) is 42.0 Å². The second-order valence-corrected chi connectivity index (χ2v) is 8.46. The average molecular weight is 370 g/mol. The van der Waals surface area contributed by atoms with E-state index < -0.39 is 10.2 Å². The molecule has 7 heteroatoms. The maximum atomic E-state index is 12.7. The van der Waals surface area contributed by atoms with E-state index in [2.05, 4.69) is 4.98 Å². The zero-order chi connectivity index (χ0) is 19.1. The van der Waals surface area contributed by atoms with E-state index in [1.165, 1.54) is 14.1 Å². The molecule has 0 unspecified atom stereocenters. The lowest BCUT2D eigenvalue weighted by Gasteiger charge is -2.15. The third-order valence-electron chi connectivity index (χ3n) is 4.18. The number of aromatic nitrogens is 2. The predicted octanol–water partition coefficient (Wildman–Crippen LogP) is 3.11. The molecule has 3 rings (SSSR count). The lowest BCUT2D eigenvalue weighted by atomic mass is 9.94. The van der Waals surface area contributed by atoms with Crippen molar-refractivity contribution >= 4 is 32.8 Å². The fourth-order valence-corrected chi connectivity index (χ4v) is 3.98. The largest absolute Gasteiger partial charge is 0.368 e. The van der Waals surface area contributed by atoms with E-state index in [1.807, 2.05) is 56.3 Å². The van der Waals surface area contributed by atoms with Gasteiger partial charge in [0, 0.05) is 14.1 Å². The highest BCUT2D eigenvalue weighted by Crippen LogP contribution is 2.30. The summed E-state index contributed by atoms with van der Waals surface area (Å²) in [5.41, 5.74) is 11.1. The number of nitrogen functional groups attached to an aromatic ring is 1. The maximum Gasteiger partial charge on any atom is 0.310 e. The molecule has 0 fully saturated rings. The molecule has 0 aliphatic heterocycles. The van der Waals surface area contributed by atoms with Gasteiger partial charge in [-0.15, -0.1) is 0 Å². The van der Waals surface area contributed by atoms with E-state index in [4.69, 9.17) is 5.73 Å². The van der Waals surface area contributed by atoms with E-state index in [9.17, 15) is 8.42 Å². The van der Waals surface area contributed by atoms with Gasteiger partial charge in [-0.2, -0.15) is 16.7 Å². The van der Waals surface area contributed by atoms with Crippen LogP contribution in [-0.4, -0.2) is 35.8 Å². The van der Waals surface area contributed by atoms with Crippen LogP contribution in [0.2, 0.25) is 0 Å². The van der Waals surface area contributed by atoms with Crippen molar-refractivity contribution in [2.45, 2.75) is 13.8 Å². The number of hydrogen-bond donors (Lipinski definition) is 1. The van der Waals surface area contributed by atoms with E-state index in [0.29, 0.717) is 11.0 Å². The molecule has 1 aromatic heterocycles. The Bertz CT molecular complexity index is 1090. The van der Waals surface area contributed by atoms with Gasteiger partial charge in [-0.3, -0.25) is 0 Å². The predicted molar refractivity (Wildman–Crippen MR) is 106 cm³/mol. The average Bonchev–Trinajstić information content (AvgIpc) is 2.91. The molecule has 6 nitrogen and oxygen atoms in total. The molecular weight excluding hydrogens is 348 g/mol. The van der Waals surface area contributed by atoms with Crippen molar-refractivity contribution in [1.29, 1.82) is 0 Å². The van der Waals surface area contributed by atoms with Crippen molar-refractivity contribution in [3.05, 3.63) is 65.2 Å². The lowest BCUT2D eigenvalue weighted by molar-refractivity contribution is 0.513. The Morgan fingerprint density at radius 3 is 2.27 bits per heavy atom. The third-order valence-corrected chi connectivity index (χ3v) is 5.95. The number of allylic oxidation sites excluding steroid dienone is 1. The maximum absolute atomic E-state index is 12.7. The van der Waals surface area contributed by atoms with Crippen LogP contribution in [0.5, 0.6) is 0 Å². The fourth-order valence-electron chi connectivity index (χ4n) is 2.98. The molecule has 0 bridgehead atoms. The topological polar surface area (TPSA) is 81.2 Å². The van der Waals surface area contributed by atoms with Crippen LogP contribution in [-0.2, 0) is 10.2 Å². The van der Waals surface area contributed by atoms with Gasteiger partial charge < -0.3 is 5.73 Å². The summed E-state index contributed by atoms with van der Waals surface area (Å²) in [5.74, 6) is -0.0516. The number of rotatable bonds is 4. The normalized spacial score (nSPS) is 11.9. The van der Waals surface area contributed by atoms with Crippen LogP contribution in [0.25, 0.3) is 16.6 Å². The first-order valence-corrected chi connectivity index (χ1v) is 9.57. The Balaban J connectivity index is 2.29. The lowest BCUT2D eigenvalue weighted by Crippen LogP contribution is -2.29. The second kappa shape index (κ2) is 6.59. The minimum atomic E-state index is -3.77. The van der Waals surface area contributed by atoms with Gasteiger partial charge >= 0.3 is 10.2 Å². The number of benzene rings is 2. The summed E-state index contributed by atoms with van der Waals surface area (Å²) < 4.78 is 27.5. The van der Waals surface area contributed by atoms with Crippen LogP contribution in [0.1, 0.15) is 25.0 Å². The van der Waals surface area contributed by atoms with E-state index in [-0.39, 0.29) is 5.95 Å². The molecule has 26 heavy (non-hydrogen) atoms. The molecule has 0 spiro atoms. The standard InChI is InChI=1S/C19H22N4O2S/c1-13(2)18(14-8-6-5-7-9-14)15-10-11-16-17(12-15)23(19(20)21-16)26(24,25)22(3)4/h5-12H,1-4H3,(H2,20,21). The molecule has 136 valence electrons. The second-order valence-electron chi connectivity index (χ2n) is 6.47. The summed E-state index contributed by atoms with van der Waals surface area (Å²) in [6.07, 6.45) is 0. The molecule has 0 amide bonds. The molecule has 0 saturated heterocycles. The number of nitrogens with two attached hydrogens (primary N) is 1. The van der Waals surface area contributed by atoms with Crippen LogP contribution in [0.4, 0.5) is 5.95 Å². The monoisotopic (exact) mass is 370 g/mol. The molecule has 0 aliphatic carbocycles. The number of nitrogens with zero attached hydrogens (tertiary/aromatic N) is 3. The van der Waals surface area contributed by atoms with E-state index in [0.717, 1.165) is 30.6 Å². The highest BCUT2D eigenvalue weighted by molar-refractivity contribution is 7.87.